The van der Waals surface area contributed by atoms with E-state index in [0.717, 1.165) is 29.2 Å². The third kappa shape index (κ3) is 4.43. The maximum absolute atomic E-state index is 11.8. The Hall–Kier alpha value is -1.61. The number of thioether (sulfide) groups is 1. The predicted molar refractivity (Wildman–Crippen MR) is 82.6 cm³/mol. The molecule has 0 saturated heterocycles. The molecular formula is C12H16N6OS2. The van der Waals surface area contributed by atoms with E-state index in [1.807, 2.05) is 20.8 Å². The Morgan fingerprint density at radius 3 is 2.52 bits per heavy atom. The van der Waals surface area contributed by atoms with E-state index in [-0.39, 0.29) is 11.7 Å². The molecule has 2 rings (SSSR count). The number of nitrogens with one attached hydrogen (secondary N) is 1. The van der Waals surface area contributed by atoms with Gasteiger partial charge in [-0.25, -0.2) is 4.98 Å². The molecule has 0 atom stereocenters. The van der Waals surface area contributed by atoms with Gasteiger partial charge in [-0.1, -0.05) is 36.9 Å². The normalized spacial score (nSPS) is 10.6. The molecular weight excluding hydrogens is 308 g/mol. The van der Waals surface area contributed by atoms with E-state index in [1.54, 1.807) is 0 Å². The summed E-state index contributed by atoms with van der Waals surface area (Å²) in [6, 6.07) is 0. The van der Waals surface area contributed by atoms with Crippen molar-refractivity contribution in [1.82, 2.24) is 25.4 Å². The van der Waals surface area contributed by atoms with Gasteiger partial charge >= 0.3 is 0 Å². The molecule has 112 valence electrons. The van der Waals surface area contributed by atoms with E-state index < -0.39 is 0 Å². The van der Waals surface area contributed by atoms with E-state index in [2.05, 4.69) is 30.7 Å². The minimum absolute atomic E-state index is 0.155. The minimum atomic E-state index is -0.155. The predicted octanol–water partition coefficient (Wildman–Crippen LogP) is 1.89. The van der Waals surface area contributed by atoms with Crippen LogP contribution in [0, 0.1) is 6.92 Å². The van der Waals surface area contributed by atoms with E-state index in [1.165, 1.54) is 23.1 Å². The summed E-state index contributed by atoms with van der Waals surface area (Å²) < 4.78 is 0. The van der Waals surface area contributed by atoms with E-state index in [0.29, 0.717) is 10.3 Å². The van der Waals surface area contributed by atoms with Crippen molar-refractivity contribution in [3.8, 4) is 0 Å². The van der Waals surface area contributed by atoms with Crippen LogP contribution < -0.4 is 5.32 Å². The number of hydrogen-bond acceptors (Lipinski definition) is 8. The highest BCUT2D eigenvalue weighted by molar-refractivity contribution is 7.99. The molecule has 21 heavy (non-hydrogen) atoms. The van der Waals surface area contributed by atoms with Crippen molar-refractivity contribution in [1.29, 1.82) is 0 Å². The van der Waals surface area contributed by atoms with E-state index in [9.17, 15) is 4.79 Å². The van der Waals surface area contributed by atoms with Crippen LogP contribution in [0.25, 0.3) is 0 Å². The smallest absolute Gasteiger partial charge is 0.236 e. The lowest BCUT2D eigenvalue weighted by atomic mass is 10.2. The highest BCUT2D eigenvalue weighted by Gasteiger charge is 2.10. The van der Waals surface area contributed by atoms with Crippen molar-refractivity contribution in [2.24, 2.45) is 0 Å². The van der Waals surface area contributed by atoms with Crippen LogP contribution in [0.5, 0.6) is 0 Å². The second-order valence-corrected chi connectivity index (χ2v) is 6.28. The zero-order valence-corrected chi connectivity index (χ0v) is 13.7. The molecule has 0 unspecified atom stereocenters. The molecule has 2 heterocycles. The minimum Gasteiger partial charge on any atom is -0.300 e. The Bertz CT molecular complexity index is 630. The van der Waals surface area contributed by atoms with E-state index >= 15 is 0 Å². The molecule has 0 aliphatic heterocycles. The van der Waals surface area contributed by atoms with Gasteiger partial charge in [0.2, 0.25) is 16.2 Å². The Labute approximate surface area is 131 Å². The molecule has 1 amide bonds. The summed E-state index contributed by atoms with van der Waals surface area (Å²) in [4.78, 5) is 16.2. The van der Waals surface area contributed by atoms with Crippen LogP contribution in [0.15, 0.2) is 5.16 Å². The van der Waals surface area contributed by atoms with Gasteiger partial charge in [-0.3, -0.25) is 10.1 Å². The Kier molecular flexibility index (Phi) is 5.57. The molecule has 0 aliphatic carbocycles. The summed E-state index contributed by atoms with van der Waals surface area (Å²) in [7, 11) is 0. The number of anilines is 1. The highest BCUT2D eigenvalue weighted by Crippen LogP contribution is 2.17. The van der Waals surface area contributed by atoms with Gasteiger partial charge in [0.15, 0.2) is 0 Å². The highest BCUT2D eigenvalue weighted by atomic mass is 32.2. The van der Waals surface area contributed by atoms with E-state index in [4.69, 9.17) is 0 Å². The van der Waals surface area contributed by atoms with Crippen LogP contribution in [0.3, 0.4) is 0 Å². The molecule has 0 aromatic carbocycles. The molecule has 0 saturated carbocycles. The van der Waals surface area contributed by atoms with Crippen LogP contribution in [-0.2, 0) is 17.6 Å². The number of amides is 1. The quantitative estimate of drug-likeness (QED) is 0.811. The molecule has 2 aromatic heterocycles. The standard InChI is InChI=1S/C12H16N6OS2/c1-4-8-9(5-2)16-17-11(13-8)20-6-10(19)14-12-18-15-7(3)21-12/h4-6H2,1-3H3,(H,14,18,19). The number of carbonyl (C=O) groups is 1. The fourth-order valence-electron chi connectivity index (χ4n) is 1.61. The fourth-order valence-corrected chi connectivity index (χ4v) is 2.83. The Balaban J connectivity index is 1.91. The summed E-state index contributed by atoms with van der Waals surface area (Å²) in [6.07, 6.45) is 1.62. The van der Waals surface area contributed by atoms with Gasteiger partial charge in [-0.05, 0) is 19.8 Å². The first kappa shape index (κ1) is 15.8. The first-order valence-corrected chi connectivity index (χ1v) is 8.37. The molecule has 1 N–H and O–H groups in total. The second kappa shape index (κ2) is 7.41. The third-order valence-electron chi connectivity index (χ3n) is 2.59. The van der Waals surface area contributed by atoms with Crippen molar-refractivity contribution in [2.45, 2.75) is 38.8 Å². The number of hydrogen-bond donors (Lipinski definition) is 1. The maximum Gasteiger partial charge on any atom is 0.236 e. The molecule has 0 spiro atoms. The van der Waals surface area contributed by atoms with Crippen molar-refractivity contribution in [3.05, 3.63) is 16.4 Å². The third-order valence-corrected chi connectivity index (χ3v) is 4.19. The fraction of sp³-hybridized carbons (Fsp3) is 0.500. The van der Waals surface area contributed by atoms with Crippen LogP contribution in [0.2, 0.25) is 0 Å². The summed E-state index contributed by atoms with van der Waals surface area (Å²) in [5.41, 5.74) is 1.85. The van der Waals surface area contributed by atoms with Gasteiger partial charge in [-0.2, -0.15) is 5.10 Å². The molecule has 2 aromatic rings. The topological polar surface area (TPSA) is 93.6 Å². The van der Waals surface area contributed by atoms with Gasteiger partial charge in [0.1, 0.15) is 5.01 Å². The van der Waals surface area contributed by atoms with Gasteiger partial charge in [-0.15, -0.1) is 15.3 Å². The van der Waals surface area contributed by atoms with Crippen molar-refractivity contribution < 1.29 is 4.79 Å². The first-order chi connectivity index (χ1) is 10.1. The molecule has 0 radical (unpaired) electrons. The summed E-state index contributed by atoms with van der Waals surface area (Å²) in [5, 5.41) is 20.4. The van der Waals surface area contributed by atoms with Gasteiger partial charge < -0.3 is 0 Å². The lowest BCUT2D eigenvalue weighted by Crippen LogP contribution is -2.14. The van der Waals surface area contributed by atoms with Gasteiger partial charge in [0, 0.05) is 0 Å². The van der Waals surface area contributed by atoms with Crippen molar-refractivity contribution in [3.63, 3.8) is 0 Å². The number of rotatable bonds is 6. The number of carbonyl (C=O) groups excluding carboxylic acids is 1. The summed E-state index contributed by atoms with van der Waals surface area (Å²) >= 11 is 2.60. The average molecular weight is 324 g/mol. The molecule has 9 heteroatoms. The van der Waals surface area contributed by atoms with Gasteiger partial charge in [0.25, 0.3) is 0 Å². The lowest BCUT2D eigenvalue weighted by Gasteiger charge is -2.05. The Morgan fingerprint density at radius 1 is 1.14 bits per heavy atom. The monoisotopic (exact) mass is 324 g/mol. The summed E-state index contributed by atoms with van der Waals surface area (Å²) in [6.45, 7) is 5.89. The largest absolute Gasteiger partial charge is 0.300 e. The number of nitrogens with zero attached hydrogens (tertiary/aromatic N) is 5. The lowest BCUT2D eigenvalue weighted by molar-refractivity contribution is -0.113. The number of aryl methyl sites for hydroxylation is 3. The zero-order valence-electron chi connectivity index (χ0n) is 12.1. The first-order valence-electron chi connectivity index (χ1n) is 6.57. The number of aromatic nitrogens is 5. The van der Waals surface area contributed by atoms with Crippen LogP contribution in [0.4, 0.5) is 5.13 Å². The molecule has 0 bridgehead atoms. The average Bonchev–Trinajstić information content (AvgIpc) is 2.89. The van der Waals surface area contributed by atoms with Gasteiger partial charge in [0.05, 0.1) is 17.1 Å². The van der Waals surface area contributed by atoms with Crippen LogP contribution in [0.1, 0.15) is 30.2 Å². The Morgan fingerprint density at radius 2 is 1.90 bits per heavy atom. The van der Waals surface area contributed by atoms with Crippen LogP contribution in [-0.4, -0.2) is 37.0 Å². The SMILES string of the molecule is CCc1nnc(SCC(=O)Nc2nnc(C)s2)nc1CC. The molecule has 7 nitrogen and oxygen atoms in total. The maximum atomic E-state index is 11.8. The van der Waals surface area contributed by atoms with Crippen molar-refractivity contribution in [2.75, 3.05) is 11.1 Å². The molecule has 0 aliphatic rings. The second-order valence-electron chi connectivity index (χ2n) is 4.16. The van der Waals surface area contributed by atoms with Crippen molar-refractivity contribution >= 4 is 34.1 Å². The zero-order chi connectivity index (χ0) is 15.2. The van der Waals surface area contributed by atoms with Crippen LogP contribution >= 0.6 is 23.1 Å². The summed E-state index contributed by atoms with van der Waals surface area (Å²) in [5.74, 6) is 0.0620. The molecule has 0 fully saturated rings.